The Morgan fingerprint density at radius 2 is 2.14 bits per heavy atom. The first-order chi connectivity index (χ1) is 6.77. The van der Waals surface area contributed by atoms with Crippen LogP contribution in [0.15, 0.2) is 30.6 Å². The Kier molecular flexibility index (Phi) is 3.85. The fourth-order valence-electron chi connectivity index (χ4n) is 1.08. The number of carbonyl (C=O) groups is 1. The van der Waals surface area contributed by atoms with Crippen LogP contribution in [0.5, 0.6) is 0 Å². The fraction of sp³-hybridized carbons (Fsp3) is 0.273. The highest BCUT2D eigenvalue weighted by Crippen LogP contribution is 2.09. The van der Waals surface area contributed by atoms with Gasteiger partial charge < -0.3 is 5.32 Å². The molecular weight excluding hydrogens is 176 g/mol. The van der Waals surface area contributed by atoms with Crippen molar-refractivity contribution >= 4 is 11.6 Å². The number of pyridine rings is 1. The lowest BCUT2D eigenvalue weighted by atomic mass is 10.2. The Morgan fingerprint density at radius 3 is 2.64 bits per heavy atom. The standard InChI is InChI=1S/C11H14N2O/c1-3-10(13-11(14)4-2)9-5-7-12-8-6-9/h3,5-8H,4H2,1-2H3,(H,13,14)/b10-3-. The van der Waals surface area contributed by atoms with E-state index in [9.17, 15) is 4.79 Å². The van der Waals surface area contributed by atoms with Gasteiger partial charge in [-0.2, -0.15) is 0 Å². The molecule has 14 heavy (non-hydrogen) atoms. The lowest BCUT2D eigenvalue weighted by molar-refractivity contribution is -0.119. The number of carbonyl (C=O) groups excluding carboxylic acids is 1. The minimum absolute atomic E-state index is 0.0231. The average Bonchev–Trinajstić information content (AvgIpc) is 2.26. The molecule has 0 unspecified atom stereocenters. The van der Waals surface area contributed by atoms with Gasteiger partial charge in [0, 0.05) is 30.1 Å². The second-order valence-electron chi connectivity index (χ2n) is 2.84. The zero-order chi connectivity index (χ0) is 10.4. The van der Waals surface area contributed by atoms with Crippen LogP contribution < -0.4 is 5.32 Å². The van der Waals surface area contributed by atoms with Crippen molar-refractivity contribution in [2.75, 3.05) is 0 Å². The van der Waals surface area contributed by atoms with Crippen molar-refractivity contribution < 1.29 is 4.79 Å². The maximum atomic E-state index is 11.2. The van der Waals surface area contributed by atoms with Crippen LogP contribution in [0, 0.1) is 0 Å². The van der Waals surface area contributed by atoms with Crippen LogP contribution in [0.25, 0.3) is 5.70 Å². The molecule has 74 valence electrons. The number of nitrogens with zero attached hydrogens (tertiary/aromatic N) is 1. The highest BCUT2D eigenvalue weighted by atomic mass is 16.1. The highest BCUT2D eigenvalue weighted by Gasteiger charge is 2.02. The molecule has 0 bridgehead atoms. The first-order valence-corrected chi connectivity index (χ1v) is 4.64. The van der Waals surface area contributed by atoms with Crippen molar-refractivity contribution in [1.82, 2.24) is 10.3 Å². The smallest absolute Gasteiger partial charge is 0.224 e. The predicted octanol–water partition coefficient (Wildman–Crippen LogP) is 1.97. The van der Waals surface area contributed by atoms with Crippen LogP contribution in [-0.2, 0) is 4.79 Å². The van der Waals surface area contributed by atoms with Gasteiger partial charge in [0.1, 0.15) is 0 Å². The van der Waals surface area contributed by atoms with E-state index in [0.29, 0.717) is 6.42 Å². The second-order valence-corrected chi connectivity index (χ2v) is 2.84. The molecule has 0 saturated carbocycles. The number of rotatable bonds is 3. The number of aromatic nitrogens is 1. The fourth-order valence-corrected chi connectivity index (χ4v) is 1.08. The topological polar surface area (TPSA) is 42.0 Å². The quantitative estimate of drug-likeness (QED) is 0.791. The Balaban J connectivity index is 2.79. The third-order valence-electron chi connectivity index (χ3n) is 1.88. The molecule has 0 aromatic carbocycles. The minimum Gasteiger partial charge on any atom is -0.326 e. The van der Waals surface area contributed by atoms with Crippen molar-refractivity contribution in [3.05, 3.63) is 36.2 Å². The highest BCUT2D eigenvalue weighted by molar-refractivity contribution is 5.86. The van der Waals surface area contributed by atoms with Gasteiger partial charge in [-0.25, -0.2) is 0 Å². The molecule has 1 rings (SSSR count). The number of nitrogens with one attached hydrogen (secondary N) is 1. The van der Waals surface area contributed by atoms with E-state index in [1.54, 1.807) is 12.4 Å². The van der Waals surface area contributed by atoms with E-state index in [1.165, 1.54) is 0 Å². The normalized spacial score (nSPS) is 11.1. The summed E-state index contributed by atoms with van der Waals surface area (Å²) in [5.41, 5.74) is 1.81. The summed E-state index contributed by atoms with van der Waals surface area (Å²) < 4.78 is 0. The second kappa shape index (κ2) is 5.17. The molecule has 0 spiro atoms. The Morgan fingerprint density at radius 1 is 1.50 bits per heavy atom. The van der Waals surface area contributed by atoms with Crippen LogP contribution in [0.1, 0.15) is 25.8 Å². The molecule has 3 heteroatoms. The van der Waals surface area contributed by atoms with Crippen LogP contribution in [-0.4, -0.2) is 10.9 Å². The number of allylic oxidation sites excluding steroid dienone is 1. The molecule has 1 amide bonds. The minimum atomic E-state index is 0.0231. The van der Waals surface area contributed by atoms with Gasteiger partial charge >= 0.3 is 0 Å². The van der Waals surface area contributed by atoms with Crippen molar-refractivity contribution in [1.29, 1.82) is 0 Å². The molecule has 0 saturated heterocycles. The van der Waals surface area contributed by atoms with Crippen LogP contribution >= 0.6 is 0 Å². The monoisotopic (exact) mass is 190 g/mol. The first kappa shape index (κ1) is 10.4. The third kappa shape index (κ3) is 2.69. The van der Waals surface area contributed by atoms with Crippen LogP contribution in [0.3, 0.4) is 0 Å². The van der Waals surface area contributed by atoms with Gasteiger partial charge in [-0.3, -0.25) is 9.78 Å². The largest absolute Gasteiger partial charge is 0.326 e. The van der Waals surface area contributed by atoms with E-state index in [4.69, 9.17) is 0 Å². The average molecular weight is 190 g/mol. The molecule has 0 aliphatic heterocycles. The Labute approximate surface area is 83.9 Å². The molecule has 0 fully saturated rings. The maximum absolute atomic E-state index is 11.2. The van der Waals surface area contributed by atoms with Gasteiger partial charge in [-0.1, -0.05) is 13.0 Å². The number of hydrogen-bond acceptors (Lipinski definition) is 2. The molecule has 1 N–H and O–H groups in total. The van der Waals surface area contributed by atoms with E-state index in [-0.39, 0.29) is 5.91 Å². The van der Waals surface area contributed by atoms with E-state index >= 15 is 0 Å². The molecule has 0 atom stereocenters. The Bertz CT molecular complexity index is 330. The zero-order valence-corrected chi connectivity index (χ0v) is 8.45. The van der Waals surface area contributed by atoms with Crippen LogP contribution in [0.4, 0.5) is 0 Å². The van der Waals surface area contributed by atoms with Gasteiger partial charge in [-0.05, 0) is 19.1 Å². The third-order valence-corrected chi connectivity index (χ3v) is 1.88. The van der Waals surface area contributed by atoms with Crippen LogP contribution in [0.2, 0.25) is 0 Å². The van der Waals surface area contributed by atoms with Crippen molar-refractivity contribution in [2.24, 2.45) is 0 Å². The van der Waals surface area contributed by atoms with E-state index in [1.807, 2.05) is 32.1 Å². The first-order valence-electron chi connectivity index (χ1n) is 4.64. The number of hydrogen-bond donors (Lipinski definition) is 1. The molecule has 0 radical (unpaired) electrons. The summed E-state index contributed by atoms with van der Waals surface area (Å²) in [6.45, 7) is 3.72. The molecule has 1 heterocycles. The van der Waals surface area contributed by atoms with Gasteiger partial charge in [-0.15, -0.1) is 0 Å². The van der Waals surface area contributed by atoms with Gasteiger partial charge in [0.25, 0.3) is 0 Å². The lowest BCUT2D eigenvalue weighted by Gasteiger charge is -2.07. The summed E-state index contributed by atoms with van der Waals surface area (Å²) in [7, 11) is 0. The summed E-state index contributed by atoms with van der Waals surface area (Å²) >= 11 is 0. The van der Waals surface area contributed by atoms with Gasteiger partial charge in [0.2, 0.25) is 5.91 Å². The molecule has 0 aliphatic rings. The van der Waals surface area contributed by atoms with E-state index in [0.717, 1.165) is 11.3 Å². The van der Waals surface area contributed by atoms with E-state index in [2.05, 4.69) is 10.3 Å². The summed E-state index contributed by atoms with van der Waals surface area (Å²) in [5, 5.41) is 2.83. The lowest BCUT2D eigenvalue weighted by Crippen LogP contribution is -2.20. The molecule has 1 aromatic rings. The molecular formula is C11H14N2O. The van der Waals surface area contributed by atoms with Crippen molar-refractivity contribution in [3.8, 4) is 0 Å². The summed E-state index contributed by atoms with van der Waals surface area (Å²) in [6.07, 6.45) is 5.78. The van der Waals surface area contributed by atoms with Crippen molar-refractivity contribution in [3.63, 3.8) is 0 Å². The van der Waals surface area contributed by atoms with Gasteiger partial charge in [0.15, 0.2) is 0 Å². The van der Waals surface area contributed by atoms with E-state index < -0.39 is 0 Å². The van der Waals surface area contributed by atoms with Crippen molar-refractivity contribution in [2.45, 2.75) is 20.3 Å². The Hall–Kier alpha value is -1.64. The summed E-state index contributed by atoms with van der Waals surface area (Å²) in [4.78, 5) is 15.1. The molecule has 3 nitrogen and oxygen atoms in total. The SMILES string of the molecule is C/C=C(\NC(=O)CC)c1ccncc1. The summed E-state index contributed by atoms with van der Waals surface area (Å²) in [6, 6.07) is 3.73. The van der Waals surface area contributed by atoms with Gasteiger partial charge in [0.05, 0.1) is 0 Å². The number of amides is 1. The summed E-state index contributed by atoms with van der Waals surface area (Å²) in [5.74, 6) is 0.0231. The predicted molar refractivity (Wildman–Crippen MR) is 56.3 cm³/mol. The zero-order valence-electron chi connectivity index (χ0n) is 8.45. The molecule has 1 aromatic heterocycles. The maximum Gasteiger partial charge on any atom is 0.224 e. The molecule has 0 aliphatic carbocycles.